The molecule has 1 aliphatic rings. The van der Waals surface area contributed by atoms with Crippen LogP contribution >= 0.6 is 11.6 Å². The lowest BCUT2D eigenvalue weighted by atomic mass is 9.97. The monoisotopic (exact) mass is 253 g/mol. The molecular formula is C12H12ClNO3. The first-order valence-electron chi connectivity index (χ1n) is 5.35. The molecule has 2 unspecified atom stereocenters. The Bertz CT molecular complexity index is 461. The average Bonchev–Trinajstić information content (AvgIpc) is 2.54. The summed E-state index contributed by atoms with van der Waals surface area (Å²) in [6.45, 7) is 2.42. The van der Waals surface area contributed by atoms with Crippen LogP contribution in [-0.2, 0) is 9.59 Å². The summed E-state index contributed by atoms with van der Waals surface area (Å²) in [6, 6.07) is 7.08. The molecule has 2 atom stereocenters. The zero-order valence-electron chi connectivity index (χ0n) is 9.27. The average molecular weight is 254 g/mol. The van der Waals surface area contributed by atoms with Crippen LogP contribution in [0.2, 0.25) is 0 Å². The Labute approximate surface area is 104 Å². The lowest BCUT2D eigenvalue weighted by molar-refractivity contribution is -0.125. The van der Waals surface area contributed by atoms with E-state index in [0.29, 0.717) is 17.9 Å². The number of carbonyl (C=O) groups is 2. The summed E-state index contributed by atoms with van der Waals surface area (Å²) in [5.41, 5.74) is 0.694. The van der Waals surface area contributed by atoms with Crippen molar-refractivity contribution >= 4 is 23.4 Å². The Morgan fingerprint density at radius 2 is 2.12 bits per heavy atom. The first kappa shape index (κ1) is 11.9. The number of hydrogen-bond donors (Lipinski definition) is 1. The van der Waals surface area contributed by atoms with Gasteiger partial charge in [-0.2, -0.15) is 0 Å². The summed E-state index contributed by atoms with van der Waals surface area (Å²) in [7, 11) is 0. The van der Waals surface area contributed by atoms with Gasteiger partial charge in [-0.3, -0.25) is 14.9 Å². The number of carbonyl (C=O) groups excluding carboxylic acids is 2. The predicted molar refractivity (Wildman–Crippen MR) is 63.1 cm³/mol. The number of alkyl halides is 1. The highest BCUT2D eigenvalue weighted by Gasteiger charge is 2.41. The van der Waals surface area contributed by atoms with Crippen molar-refractivity contribution in [2.75, 3.05) is 6.61 Å². The number of amides is 2. The van der Waals surface area contributed by atoms with E-state index in [9.17, 15) is 9.59 Å². The van der Waals surface area contributed by atoms with E-state index in [2.05, 4.69) is 5.32 Å². The Balaban J connectivity index is 2.30. The third kappa shape index (κ3) is 2.26. The second-order valence-corrected chi connectivity index (χ2v) is 4.21. The molecule has 1 aromatic carbocycles. The van der Waals surface area contributed by atoms with Crippen molar-refractivity contribution in [3.8, 4) is 5.75 Å². The second kappa shape index (κ2) is 4.75. The standard InChI is InChI=1S/C12H12ClNO3/c1-2-17-8-5-3-4-7(6-8)9-10(13)12(16)14-11(9)15/h3-6,9-10H,2H2,1H3,(H,14,15,16). The first-order chi connectivity index (χ1) is 8.13. The van der Waals surface area contributed by atoms with Gasteiger partial charge in [0.1, 0.15) is 11.1 Å². The highest BCUT2D eigenvalue weighted by molar-refractivity contribution is 6.37. The van der Waals surface area contributed by atoms with Crippen molar-refractivity contribution in [3.63, 3.8) is 0 Å². The van der Waals surface area contributed by atoms with Crippen molar-refractivity contribution in [1.29, 1.82) is 0 Å². The largest absolute Gasteiger partial charge is 0.494 e. The molecule has 0 aliphatic carbocycles. The summed E-state index contributed by atoms with van der Waals surface area (Å²) >= 11 is 5.91. The van der Waals surface area contributed by atoms with Crippen LogP contribution in [0.5, 0.6) is 5.75 Å². The highest BCUT2D eigenvalue weighted by atomic mass is 35.5. The van der Waals surface area contributed by atoms with Gasteiger partial charge in [0, 0.05) is 0 Å². The lowest BCUT2D eigenvalue weighted by Gasteiger charge is -2.11. The molecule has 17 heavy (non-hydrogen) atoms. The van der Waals surface area contributed by atoms with Crippen LogP contribution in [0.1, 0.15) is 18.4 Å². The van der Waals surface area contributed by atoms with E-state index in [0.717, 1.165) is 0 Å². The number of ether oxygens (including phenoxy) is 1. The molecule has 0 spiro atoms. The molecule has 1 heterocycles. The predicted octanol–water partition coefficient (Wildman–Crippen LogP) is 1.43. The summed E-state index contributed by atoms with van der Waals surface area (Å²) < 4.78 is 5.34. The maximum absolute atomic E-state index is 11.6. The van der Waals surface area contributed by atoms with Gasteiger partial charge in [0.05, 0.1) is 12.5 Å². The molecule has 1 aromatic rings. The number of benzene rings is 1. The minimum atomic E-state index is -0.848. The van der Waals surface area contributed by atoms with Crippen LogP contribution in [0, 0.1) is 0 Å². The fourth-order valence-corrected chi connectivity index (χ4v) is 2.15. The minimum absolute atomic E-state index is 0.358. The summed E-state index contributed by atoms with van der Waals surface area (Å²) in [6.07, 6.45) is 0. The smallest absolute Gasteiger partial charge is 0.245 e. The molecular weight excluding hydrogens is 242 g/mol. The fraction of sp³-hybridized carbons (Fsp3) is 0.333. The Morgan fingerprint density at radius 3 is 2.71 bits per heavy atom. The maximum Gasteiger partial charge on any atom is 0.245 e. The number of imide groups is 1. The molecule has 0 bridgehead atoms. The van der Waals surface area contributed by atoms with Gasteiger partial charge >= 0.3 is 0 Å². The molecule has 2 rings (SSSR count). The Kier molecular flexibility index (Phi) is 3.33. The van der Waals surface area contributed by atoms with Crippen molar-refractivity contribution < 1.29 is 14.3 Å². The summed E-state index contributed by atoms with van der Waals surface area (Å²) in [5, 5.41) is 1.37. The van der Waals surface area contributed by atoms with Crippen LogP contribution < -0.4 is 10.1 Å². The topological polar surface area (TPSA) is 55.4 Å². The van der Waals surface area contributed by atoms with Crippen molar-refractivity contribution in [3.05, 3.63) is 29.8 Å². The van der Waals surface area contributed by atoms with Crippen molar-refractivity contribution in [1.82, 2.24) is 5.32 Å². The van der Waals surface area contributed by atoms with Crippen LogP contribution in [0.3, 0.4) is 0 Å². The Morgan fingerprint density at radius 1 is 1.35 bits per heavy atom. The normalized spacial score (nSPS) is 23.6. The van der Waals surface area contributed by atoms with Crippen LogP contribution in [-0.4, -0.2) is 23.8 Å². The van der Waals surface area contributed by atoms with Crippen LogP contribution in [0.4, 0.5) is 0 Å². The molecule has 1 fully saturated rings. The number of halogens is 1. The zero-order chi connectivity index (χ0) is 12.4. The van der Waals surface area contributed by atoms with Gasteiger partial charge in [0.15, 0.2) is 0 Å². The molecule has 0 radical (unpaired) electrons. The van der Waals surface area contributed by atoms with E-state index < -0.39 is 17.2 Å². The molecule has 2 amide bonds. The molecule has 5 heteroatoms. The third-order valence-electron chi connectivity index (χ3n) is 2.60. The minimum Gasteiger partial charge on any atom is -0.494 e. The highest BCUT2D eigenvalue weighted by Crippen LogP contribution is 2.30. The molecule has 1 saturated heterocycles. The number of rotatable bonds is 3. The molecule has 0 saturated carbocycles. The van der Waals surface area contributed by atoms with E-state index in [1.54, 1.807) is 24.3 Å². The van der Waals surface area contributed by atoms with E-state index in [1.165, 1.54) is 0 Å². The van der Waals surface area contributed by atoms with Gasteiger partial charge in [-0.05, 0) is 24.6 Å². The van der Waals surface area contributed by atoms with Gasteiger partial charge in [-0.15, -0.1) is 11.6 Å². The molecule has 4 nitrogen and oxygen atoms in total. The molecule has 1 N–H and O–H groups in total. The van der Waals surface area contributed by atoms with Gasteiger partial charge in [-0.25, -0.2) is 0 Å². The molecule has 1 aliphatic heterocycles. The van der Waals surface area contributed by atoms with E-state index in [1.807, 2.05) is 6.92 Å². The van der Waals surface area contributed by atoms with Gasteiger partial charge in [0.2, 0.25) is 11.8 Å². The zero-order valence-corrected chi connectivity index (χ0v) is 10.0. The third-order valence-corrected chi connectivity index (χ3v) is 3.05. The molecule has 0 aromatic heterocycles. The SMILES string of the molecule is CCOc1cccc(C2C(=O)NC(=O)C2Cl)c1. The van der Waals surface area contributed by atoms with Crippen molar-refractivity contribution in [2.45, 2.75) is 18.2 Å². The van der Waals surface area contributed by atoms with E-state index in [4.69, 9.17) is 16.3 Å². The molecule has 90 valence electrons. The quantitative estimate of drug-likeness (QED) is 0.655. The summed E-state index contributed by atoms with van der Waals surface area (Å²) in [5.74, 6) is -0.766. The van der Waals surface area contributed by atoms with E-state index >= 15 is 0 Å². The van der Waals surface area contributed by atoms with E-state index in [-0.39, 0.29) is 5.91 Å². The Hall–Kier alpha value is -1.55. The lowest BCUT2D eigenvalue weighted by Crippen LogP contribution is -2.22. The van der Waals surface area contributed by atoms with Gasteiger partial charge in [-0.1, -0.05) is 12.1 Å². The van der Waals surface area contributed by atoms with Crippen molar-refractivity contribution in [2.24, 2.45) is 0 Å². The van der Waals surface area contributed by atoms with Crippen LogP contribution in [0.15, 0.2) is 24.3 Å². The van der Waals surface area contributed by atoms with Gasteiger partial charge < -0.3 is 4.74 Å². The van der Waals surface area contributed by atoms with Crippen LogP contribution in [0.25, 0.3) is 0 Å². The second-order valence-electron chi connectivity index (χ2n) is 3.74. The number of hydrogen-bond acceptors (Lipinski definition) is 3. The first-order valence-corrected chi connectivity index (χ1v) is 5.78. The summed E-state index contributed by atoms with van der Waals surface area (Å²) in [4.78, 5) is 22.9. The van der Waals surface area contributed by atoms with Gasteiger partial charge in [0.25, 0.3) is 0 Å². The fourth-order valence-electron chi connectivity index (χ4n) is 1.84. The number of nitrogens with one attached hydrogen (secondary N) is 1. The maximum atomic E-state index is 11.6.